The van der Waals surface area contributed by atoms with Crippen LogP contribution in [0.3, 0.4) is 0 Å². The zero-order chi connectivity index (χ0) is 16.2. The lowest BCUT2D eigenvalue weighted by Crippen LogP contribution is -2.19. The summed E-state index contributed by atoms with van der Waals surface area (Å²) in [5.74, 6) is 2.19. The van der Waals surface area contributed by atoms with Crippen molar-refractivity contribution in [2.75, 3.05) is 20.3 Å². The number of nitrogens with one attached hydrogen (secondary N) is 1. The first kappa shape index (κ1) is 15.7. The van der Waals surface area contributed by atoms with Crippen molar-refractivity contribution >= 4 is 0 Å². The van der Waals surface area contributed by atoms with Crippen LogP contribution in [0.25, 0.3) is 0 Å². The van der Waals surface area contributed by atoms with E-state index in [9.17, 15) is 0 Å². The van der Waals surface area contributed by atoms with E-state index in [0.29, 0.717) is 19.0 Å². The molecule has 1 heterocycles. The number of rotatable bonds is 5. The minimum atomic E-state index is 0.273. The molecule has 1 aliphatic heterocycles. The van der Waals surface area contributed by atoms with Crippen molar-refractivity contribution in [3.8, 4) is 17.2 Å². The maximum Gasteiger partial charge on any atom is 0.203 e. The number of fused-ring (bicyclic) bond motifs is 1. The molecule has 0 spiro atoms. The highest BCUT2D eigenvalue weighted by atomic mass is 16.6. The number of aryl methyl sites for hydroxylation is 1. The Balaban J connectivity index is 1.71. The molecule has 1 unspecified atom stereocenters. The highest BCUT2D eigenvalue weighted by molar-refractivity contribution is 5.54. The number of methoxy groups -OCH3 is 1. The van der Waals surface area contributed by atoms with Crippen molar-refractivity contribution in [2.24, 2.45) is 0 Å². The molecule has 0 fully saturated rings. The standard InChI is InChI=1S/C19H23NO3/c1-13-4-6-16(7-5-13)14(2)20-12-15-10-17(21-3)19-18(11-15)22-8-9-23-19/h4-7,10-11,14,20H,8-9,12H2,1-3H3. The van der Waals surface area contributed by atoms with E-state index < -0.39 is 0 Å². The molecule has 2 aromatic carbocycles. The van der Waals surface area contributed by atoms with Gasteiger partial charge in [0.15, 0.2) is 11.5 Å². The van der Waals surface area contributed by atoms with E-state index in [2.05, 4.69) is 43.4 Å². The van der Waals surface area contributed by atoms with Gasteiger partial charge in [-0.25, -0.2) is 0 Å². The first-order valence-corrected chi connectivity index (χ1v) is 7.94. The summed E-state index contributed by atoms with van der Waals surface area (Å²) in [6.07, 6.45) is 0. The molecule has 0 radical (unpaired) electrons. The van der Waals surface area contributed by atoms with Gasteiger partial charge in [-0.05, 0) is 37.1 Å². The summed E-state index contributed by atoms with van der Waals surface area (Å²) in [4.78, 5) is 0. The zero-order valence-electron chi connectivity index (χ0n) is 13.9. The molecule has 23 heavy (non-hydrogen) atoms. The van der Waals surface area contributed by atoms with E-state index in [0.717, 1.165) is 23.6 Å². The van der Waals surface area contributed by atoms with Gasteiger partial charge in [0.25, 0.3) is 0 Å². The highest BCUT2D eigenvalue weighted by Crippen LogP contribution is 2.40. The van der Waals surface area contributed by atoms with E-state index in [1.807, 2.05) is 12.1 Å². The lowest BCUT2D eigenvalue weighted by molar-refractivity contribution is 0.165. The van der Waals surface area contributed by atoms with Crippen LogP contribution in [-0.2, 0) is 6.54 Å². The van der Waals surface area contributed by atoms with Crippen molar-refractivity contribution in [2.45, 2.75) is 26.4 Å². The summed E-state index contributed by atoms with van der Waals surface area (Å²) in [7, 11) is 1.65. The first-order chi connectivity index (χ1) is 11.2. The molecule has 4 nitrogen and oxygen atoms in total. The molecule has 0 bridgehead atoms. The number of hydrogen-bond acceptors (Lipinski definition) is 4. The van der Waals surface area contributed by atoms with E-state index in [1.54, 1.807) is 7.11 Å². The summed E-state index contributed by atoms with van der Waals surface area (Å²) >= 11 is 0. The zero-order valence-corrected chi connectivity index (χ0v) is 13.9. The Kier molecular flexibility index (Phi) is 4.72. The number of hydrogen-bond donors (Lipinski definition) is 1. The summed E-state index contributed by atoms with van der Waals surface area (Å²) in [6, 6.07) is 12.9. The monoisotopic (exact) mass is 313 g/mol. The molecule has 0 aliphatic carbocycles. The van der Waals surface area contributed by atoms with Crippen LogP contribution in [0, 0.1) is 6.92 Å². The second-order valence-corrected chi connectivity index (χ2v) is 5.84. The average molecular weight is 313 g/mol. The van der Waals surface area contributed by atoms with Crippen LogP contribution in [0.5, 0.6) is 17.2 Å². The molecule has 1 atom stereocenters. The van der Waals surface area contributed by atoms with E-state index in [1.165, 1.54) is 11.1 Å². The molecule has 2 aromatic rings. The molecule has 3 rings (SSSR count). The number of benzene rings is 2. The molecular formula is C19H23NO3. The van der Waals surface area contributed by atoms with E-state index in [4.69, 9.17) is 14.2 Å². The van der Waals surface area contributed by atoms with E-state index in [-0.39, 0.29) is 6.04 Å². The van der Waals surface area contributed by atoms with Gasteiger partial charge in [-0.15, -0.1) is 0 Å². The Morgan fingerprint density at radius 2 is 1.87 bits per heavy atom. The van der Waals surface area contributed by atoms with Crippen molar-refractivity contribution in [3.63, 3.8) is 0 Å². The van der Waals surface area contributed by atoms with Gasteiger partial charge in [0.1, 0.15) is 13.2 Å². The third kappa shape index (κ3) is 3.59. The summed E-state index contributed by atoms with van der Waals surface area (Å²) in [6.45, 7) is 6.14. The SMILES string of the molecule is COc1cc(CNC(C)c2ccc(C)cc2)cc2c1OCCO2. The highest BCUT2D eigenvalue weighted by Gasteiger charge is 2.18. The molecule has 1 N–H and O–H groups in total. The fraction of sp³-hybridized carbons (Fsp3) is 0.368. The lowest BCUT2D eigenvalue weighted by Gasteiger charge is -2.22. The average Bonchev–Trinajstić information content (AvgIpc) is 2.59. The van der Waals surface area contributed by atoms with Crippen molar-refractivity contribution in [1.82, 2.24) is 5.32 Å². The molecule has 1 aliphatic rings. The lowest BCUT2D eigenvalue weighted by atomic mass is 10.1. The Bertz CT molecular complexity index is 650. The Morgan fingerprint density at radius 3 is 2.61 bits per heavy atom. The van der Waals surface area contributed by atoms with Gasteiger partial charge in [-0.2, -0.15) is 0 Å². The Morgan fingerprint density at radius 1 is 1.13 bits per heavy atom. The fourth-order valence-corrected chi connectivity index (χ4v) is 2.67. The van der Waals surface area contributed by atoms with Crippen LogP contribution in [0.15, 0.2) is 36.4 Å². The predicted octanol–water partition coefficient (Wildman–Crippen LogP) is 3.63. The van der Waals surface area contributed by atoms with Crippen LogP contribution in [-0.4, -0.2) is 20.3 Å². The molecule has 4 heteroatoms. The van der Waals surface area contributed by atoms with E-state index >= 15 is 0 Å². The summed E-state index contributed by atoms with van der Waals surface area (Å²) in [5.41, 5.74) is 3.67. The van der Waals surface area contributed by atoms with Crippen LogP contribution < -0.4 is 19.5 Å². The molecule has 122 valence electrons. The minimum absolute atomic E-state index is 0.273. The third-order valence-electron chi connectivity index (χ3n) is 4.08. The first-order valence-electron chi connectivity index (χ1n) is 7.94. The van der Waals surface area contributed by atoms with Gasteiger partial charge in [-0.3, -0.25) is 0 Å². The van der Waals surface area contributed by atoms with Gasteiger partial charge < -0.3 is 19.5 Å². The largest absolute Gasteiger partial charge is 0.493 e. The Labute approximate surface area is 137 Å². The third-order valence-corrected chi connectivity index (χ3v) is 4.08. The number of ether oxygens (including phenoxy) is 3. The molecule has 0 amide bonds. The minimum Gasteiger partial charge on any atom is -0.493 e. The second-order valence-electron chi connectivity index (χ2n) is 5.84. The maximum absolute atomic E-state index is 5.68. The van der Waals surface area contributed by atoms with Crippen LogP contribution in [0.2, 0.25) is 0 Å². The quantitative estimate of drug-likeness (QED) is 0.915. The smallest absolute Gasteiger partial charge is 0.203 e. The summed E-state index contributed by atoms with van der Waals surface area (Å²) < 4.78 is 16.7. The Hall–Kier alpha value is -2.20. The molecule has 0 aromatic heterocycles. The van der Waals surface area contributed by atoms with Crippen molar-refractivity contribution in [1.29, 1.82) is 0 Å². The van der Waals surface area contributed by atoms with Gasteiger partial charge in [0, 0.05) is 12.6 Å². The summed E-state index contributed by atoms with van der Waals surface area (Å²) in [5, 5.41) is 3.54. The normalized spacial score (nSPS) is 14.4. The molecule has 0 saturated heterocycles. The fourth-order valence-electron chi connectivity index (χ4n) is 2.67. The predicted molar refractivity (Wildman–Crippen MR) is 90.4 cm³/mol. The van der Waals surface area contributed by atoms with Gasteiger partial charge >= 0.3 is 0 Å². The van der Waals surface area contributed by atoms with Crippen molar-refractivity contribution in [3.05, 3.63) is 53.1 Å². The maximum atomic E-state index is 5.68. The van der Waals surface area contributed by atoms with Crippen LogP contribution in [0.1, 0.15) is 29.7 Å². The van der Waals surface area contributed by atoms with Crippen LogP contribution in [0.4, 0.5) is 0 Å². The van der Waals surface area contributed by atoms with Crippen molar-refractivity contribution < 1.29 is 14.2 Å². The van der Waals surface area contributed by atoms with Gasteiger partial charge in [-0.1, -0.05) is 29.8 Å². The van der Waals surface area contributed by atoms with Gasteiger partial charge in [0.2, 0.25) is 5.75 Å². The second kappa shape index (κ2) is 6.92. The molecule has 0 saturated carbocycles. The molecular weight excluding hydrogens is 290 g/mol. The van der Waals surface area contributed by atoms with Crippen LogP contribution >= 0.6 is 0 Å². The van der Waals surface area contributed by atoms with Gasteiger partial charge in [0.05, 0.1) is 7.11 Å². The topological polar surface area (TPSA) is 39.7 Å².